The summed E-state index contributed by atoms with van der Waals surface area (Å²) in [6.07, 6.45) is -1.04. The summed E-state index contributed by atoms with van der Waals surface area (Å²) >= 11 is 0. The molecule has 27 heavy (non-hydrogen) atoms. The van der Waals surface area contributed by atoms with Crippen molar-refractivity contribution in [3.63, 3.8) is 0 Å². The van der Waals surface area contributed by atoms with Gasteiger partial charge in [-0.1, -0.05) is 26.0 Å². The van der Waals surface area contributed by atoms with Crippen LogP contribution in [0.3, 0.4) is 0 Å². The van der Waals surface area contributed by atoms with Gasteiger partial charge in [0.1, 0.15) is 6.10 Å². The first-order valence-electron chi connectivity index (χ1n) is 8.22. The molecule has 0 aromatic heterocycles. The van der Waals surface area contributed by atoms with Crippen LogP contribution in [0.5, 0.6) is 0 Å². The summed E-state index contributed by atoms with van der Waals surface area (Å²) in [5.74, 6) is -2.63. The number of non-ortho nitro benzene ring substituents is 1. The molecule has 9 heteroatoms. The van der Waals surface area contributed by atoms with Gasteiger partial charge in [-0.25, -0.2) is 0 Å². The molecule has 3 rings (SSSR count). The van der Waals surface area contributed by atoms with Crippen LogP contribution < -0.4 is 0 Å². The molecule has 136 valence electrons. The first-order valence-corrected chi connectivity index (χ1v) is 8.22. The normalized spacial score (nSPS) is 33.2. The molecule has 0 amide bonds. The molecule has 0 saturated carbocycles. The van der Waals surface area contributed by atoms with Gasteiger partial charge in [-0.3, -0.25) is 15.5 Å². The third-order valence-corrected chi connectivity index (χ3v) is 5.68. The van der Waals surface area contributed by atoms with E-state index >= 15 is 0 Å². The van der Waals surface area contributed by atoms with Crippen molar-refractivity contribution in [3.8, 4) is 18.2 Å². The van der Waals surface area contributed by atoms with Crippen LogP contribution >= 0.6 is 0 Å². The highest BCUT2D eigenvalue weighted by molar-refractivity contribution is 5.89. The minimum Gasteiger partial charge on any atom is -0.447 e. The third kappa shape index (κ3) is 1.96. The predicted molar refractivity (Wildman–Crippen MR) is 89.6 cm³/mol. The van der Waals surface area contributed by atoms with Crippen LogP contribution in [-0.2, 0) is 9.47 Å². The largest absolute Gasteiger partial charge is 0.447 e. The lowest BCUT2D eigenvalue weighted by atomic mass is 9.53. The lowest BCUT2D eigenvalue weighted by Crippen LogP contribution is -2.58. The molecule has 2 aliphatic heterocycles. The number of nitrogens with one attached hydrogen (secondary N) is 1. The highest BCUT2D eigenvalue weighted by Gasteiger charge is 2.78. The van der Waals surface area contributed by atoms with Gasteiger partial charge in [0.2, 0.25) is 17.1 Å². The zero-order valence-electron chi connectivity index (χ0n) is 14.6. The van der Waals surface area contributed by atoms with E-state index in [0.717, 1.165) is 0 Å². The number of benzene rings is 1. The maximum atomic E-state index is 11.1. The summed E-state index contributed by atoms with van der Waals surface area (Å²) in [6.45, 7) is 3.36. The van der Waals surface area contributed by atoms with Crippen molar-refractivity contribution in [1.82, 2.24) is 0 Å². The molecule has 1 aromatic rings. The highest BCUT2D eigenvalue weighted by atomic mass is 16.7. The third-order valence-electron chi connectivity index (χ3n) is 5.68. The van der Waals surface area contributed by atoms with Gasteiger partial charge in [-0.15, -0.1) is 0 Å². The molecule has 2 saturated heterocycles. The van der Waals surface area contributed by atoms with Crippen molar-refractivity contribution in [1.29, 1.82) is 21.2 Å². The second-order valence-electron chi connectivity index (χ2n) is 6.62. The number of fused-ring (bicyclic) bond motifs is 2. The number of hydrogen-bond donors (Lipinski definition) is 1. The number of hydrogen-bond acceptors (Lipinski definition) is 8. The Balaban J connectivity index is 2.33. The van der Waals surface area contributed by atoms with Crippen molar-refractivity contribution >= 4 is 11.6 Å². The van der Waals surface area contributed by atoms with Gasteiger partial charge in [0.15, 0.2) is 5.41 Å². The number of nitrogens with zero attached hydrogens (tertiary/aromatic N) is 4. The quantitative estimate of drug-likeness (QED) is 0.637. The number of nitro groups is 1. The Bertz CT molecular complexity index is 957. The molecule has 2 fully saturated rings. The van der Waals surface area contributed by atoms with Crippen LogP contribution in [0.15, 0.2) is 24.3 Å². The molecular weight excluding hydrogens is 350 g/mol. The number of ether oxygens (including phenoxy) is 2. The van der Waals surface area contributed by atoms with Crippen LogP contribution in [0.2, 0.25) is 0 Å². The van der Waals surface area contributed by atoms with E-state index in [4.69, 9.17) is 14.9 Å². The van der Waals surface area contributed by atoms with Crippen LogP contribution in [0.1, 0.15) is 31.9 Å². The molecule has 1 N–H and O–H groups in total. The Labute approximate surface area is 155 Å². The van der Waals surface area contributed by atoms with Gasteiger partial charge in [0.25, 0.3) is 5.69 Å². The Morgan fingerprint density at radius 2 is 1.96 bits per heavy atom. The summed E-state index contributed by atoms with van der Waals surface area (Å²) < 4.78 is 11.7. The molecule has 0 unspecified atom stereocenters. The molecule has 4 atom stereocenters. The Morgan fingerprint density at radius 3 is 2.48 bits per heavy atom. The predicted octanol–water partition coefficient (Wildman–Crippen LogP) is 2.96. The zero-order chi connectivity index (χ0) is 20.0. The molecule has 0 spiro atoms. The lowest BCUT2D eigenvalue weighted by molar-refractivity contribution is -0.385. The fraction of sp³-hybridized carbons (Fsp3) is 0.444. The standard InChI is InChI=1S/C18H15N5O4/c1-3-18-11(2)17(10-21,15(22)27-18)16(8-19,9-20)14(26-18)12-5-4-6-13(7-12)23(24)25/h4-7,11,14,22H,3H2,1-2H3/t11-,14+,17-,18-/m1/s1. The van der Waals surface area contributed by atoms with Gasteiger partial charge in [-0.2, -0.15) is 15.8 Å². The SMILES string of the molecule is CC[C@@]12OC(=N)[C@@](C#N)([C@H]1C)C(C#N)(C#N)[C@H](c1cccc([N+](=O)[O-])c1)O2. The number of nitriles is 3. The minimum absolute atomic E-state index is 0.204. The van der Waals surface area contributed by atoms with Crippen molar-refractivity contribution < 1.29 is 14.4 Å². The van der Waals surface area contributed by atoms with Gasteiger partial charge < -0.3 is 9.47 Å². The summed E-state index contributed by atoms with van der Waals surface area (Å²) in [5.41, 5.74) is -4.00. The van der Waals surface area contributed by atoms with Crippen molar-refractivity contribution in [2.45, 2.75) is 32.2 Å². The van der Waals surface area contributed by atoms with Crippen molar-refractivity contribution in [3.05, 3.63) is 39.9 Å². The topological polar surface area (TPSA) is 157 Å². The molecule has 2 aliphatic rings. The Kier molecular flexibility index (Phi) is 3.91. The van der Waals surface area contributed by atoms with E-state index in [1.165, 1.54) is 24.3 Å². The summed E-state index contributed by atoms with van der Waals surface area (Å²) in [4.78, 5) is 10.5. The van der Waals surface area contributed by atoms with E-state index in [1.54, 1.807) is 13.8 Å². The van der Waals surface area contributed by atoms with Gasteiger partial charge >= 0.3 is 0 Å². The summed E-state index contributed by atoms with van der Waals surface area (Å²) in [7, 11) is 0. The second kappa shape index (κ2) is 5.77. The Morgan fingerprint density at radius 1 is 1.30 bits per heavy atom. The van der Waals surface area contributed by atoms with Gasteiger partial charge in [-0.05, 0) is 5.56 Å². The summed E-state index contributed by atoms with van der Waals surface area (Å²) in [6, 6.07) is 11.2. The molecule has 2 heterocycles. The zero-order valence-corrected chi connectivity index (χ0v) is 14.6. The molecular formula is C18H15N5O4. The van der Waals surface area contributed by atoms with E-state index in [2.05, 4.69) is 0 Å². The first kappa shape index (κ1) is 18.3. The average molecular weight is 365 g/mol. The van der Waals surface area contributed by atoms with Gasteiger partial charge in [0, 0.05) is 18.6 Å². The molecule has 0 radical (unpaired) electrons. The van der Waals surface area contributed by atoms with E-state index in [9.17, 15) is 25.9 Å². The van der Waals surface area contributed by atoms with Crippen LogP contribution in [0, 0.1) is 66.3 Å². The maximum absolute atomic E-state index is 11.1. The average Bonchev–Trinajstić information content (AvgIpc) is 2.84. The highest BCUT2D eigenvalue weighted by Crippen LogP contribution is 2.67. The fourth-order valence-electron chi connectivity index (χ4n) is 4.15. The molecule has 2 bridgehead atoms. The smallest absolute Gasteiger partial charge is 0.269 e. The van der Waals surface area contributed by atoms with E-state index in [-0.39, 0.29) is 17.7 Å². The number of nitro benzene ring substituents is 1. The monoisotopic (exact) mass is 365 g/mol. The van der Waals surface area contributed by atoms with Crippen LogP contribution in [0.25, 0.3) is 0 Å². The minimum atomic E-state index is -2.11. The Hall–Kier alpha value is -3.48. The summed E-state index contributed by atoms with van der Waals surface area (Å²) in [5, 5.41) is 49.3. The first-order chi connectivity index (χ1) is 12.8. The second-order valence-corrected chi connectivity index (χ2v) is 6.62. The van der Waals surface area contributed by atoms with E-state index in [1.807, 2.05) is 18.2 Å². The number of rotatable bonds is 3. The van der Waals surface area contributed by atoms with Crippen LogP contribution in [0.4, 0.5) is 5.69 Å². The van der Waals surface area contributed by atoms with Crippen molar-refractivity contribution in [2.75, 3.05) is 0 Å². The van der Waals surface area contributed by atoms with E-state index < -0.39 is 39.5 Å². The van der Waals surface area contributed by atoms with Gasteiger partial charge in [0.05, 0.1) is 29.0 Å². The van der Waals surface area contributed by atoms with Crippen molar-refractivity contribution in [2.24, 2.45) is 16.7 Å². The molecule has 1 aromatic carbocycles. The maximum Gasteiger partial charge on any atom is 0.269 e. The van der Waals surface area contributed by atoms with Crippen LogP contribution in [-0.4, -0.2) is 16.6 Å². The molecule has 0 aliphatic carbocycles. The van der Waals surface area contributed by atoms with E-state index in [0.29, 0.717) is 0 Å². The molecule has 9 nitrogen and oxygen atoms in total. The lowest BCUT2D eigenvalue weighted by Gasteiger charge is -2.48. The fourth-order valence-corrected chi connectivity index (χ4v) is 4.15.